The minimum absolute atomic E-state index is 0.0353. The van der Waals surface area contributed by atoms with E-state index in [1.165, 1.54) is 17.0 Å². The zero-order valence-electron chi connectivity index (χ0n) is 11.9. The maximum Gasteiger partial charge on any atom is 0.257 e. The predicted octanol–water partition coefficient (Wildman–Crippen LogP) is 2.12. The van der Waals surface area contributed by atoms with Gasteiger partial charge in [-0.05, 0) is 32.9 Å². The van der Waals surface area contributed by atoms with Gasteiger partial charge in [0.2, 0.25) is 0 Å². The molecule has 0 heterocycles. The first-order chi connectivity index (χ1) is 9.36. The second-order valence-electron chi connectivity index (χ2n) is 4.92. The number of aryl methyl sites for hydroxylation is 1. The number of benzene rings is 1. The maximum absolute atomic E-state index is 13.8. The minimum Gasteiger partial charge on any atom is -0.409 e. The van der Waals surface area contributed by atoms with E-state index in [9.17, 15) is 9.18 Å². The monoisotopic (exact) mass is 281 g/mol. The summed E-state index contributed by atoms with van der Waals surface area (Å²) in [5.41, 5.74) is 6.26. The SMILES string of the molecule is Cc1ccc(F)c(C(=O)N(CCC(N)=NO)C(C)C)c1. The van der Waals surface area contributed by atoms with Crippen LogP contribution in [0.2, 0.25) is 0 Å². The summed E-state index contributed by atoms with van der Waals surface area (Å²) in [6.45, 7) is 5.72. The van der Waals surface area contributed by atoms with Crippen LogP contribution in [0, 0.1) is 12.7 Å². The first kappa shape index (κ1) is 15.9. The number of nitrogens with zero attached hydrogens (tertiary/aromatic N) is 2. The van der Waals surface area contributed by atoms with Crippen molar-refractivity contribution in [3.05, 3.63) is 35.1 Å². The number of halogens is 1. The standard InChI is InChI=1S/C14H20FN3O2/c1-9(2)18(7-6-13(16)17-20)14(19)11-8-10(3)4-5-12(11)15/h4-5,8-9,20H,6-7H2,1-3H3,(H2,16,17). The lowest BCUT2D eigenvalue weighted by Gasteiger charge is -2.27. The average molecular weight is 281 g/mol. The minimum atomic E-state index is -0.546. The van der Waals surface area contributed by atoms with Crippen molar-refractivity contribution >= 4 is 11.7 Å². The normalized spacial score (nSPS) is 11.8. The fraction of sp³-hybridized carbons (Fsp3) is 0.429. The number of hydrogen-bond acceptors (Lipinski definition) is 3. The van der Waals surface area contributed by atoms with Gasteiger partial charge >= 0.3 is 0 Å². The van der Waals surface area contributed by atoms with Gasteiger partial charge < -0.3 is 15.8 Å². The van der Waals surface area contributed by atoms with Crippen molar-refractivity contribution in [3.8, 4) is 0 Å². The quantitative estimate of drug-likeness (QED) is 0.375. The smallest absolute Gasteiger partial charge is 0.257 e. The Morgan fingerprint density at radius 3 is 2.70 bits per heavy atom. The van der Waals surface area contributed by atoms with Crippen molar-refractivity contribution in [2.24, 2.45) is 10.9 Å². The highest BCUT2D eigenvalue weighted by molar-refractivity contribution is 5.95. The highest BCUT2D eigenvalue weighted by Gasteiger charge is 2.21. The second-order valence-corrected chi connectivity index (χ2v) is 4.92. The molecule has 3 N–H and O–H groups in total. The molecule has 1 aromatic carbocycles. The van der Waals surface area contributed by atoms with E-state index >= 15 is 0 Å². The van der Waals surface area contributed by atoms with Gasteiger partial charge in [0.1, 0.15) is 11.7 Å². The van der Waals surface area contributed by atoms with E-state index in [0.717, 1.165) is 5.56 Å². The largest absolute Gasteiger partial charge is 0.409 e. The van der Waals surface area contributed by atoms with Crippen molar-refractivity contribution in [1.29, 1.82) is 0 Å². The summed E-state index contributed by atoms with van der Waals surface area (Å²) >= 11 is 0. The fourth-order valence-electron chi connectivity index (χ4n) is 1.84. The summed E-state index contributed by atoms with van der Waals surface area (Å²) in [7, 11) is 0. The molecule has 0 unspecified atom stereocenters. The van der Waals surface area contributed by atoms with E-state index in [4.69, 9.17) is 10.9 Å². The number of rotatable bonds is 5. The molecule has 0 aromatic heterocycles. The first-order valence-corrected chi connectivity index (χ1v) is 6.40. The number of carbonyl (C=O) groups is 1. The molecule has 0 bridgehead atoms. The lowest BCUT2D eigenvalue weighted by atomic mass is 10.1. The lowest BCUT2D eigenvalue weighted by molar-refractivity contribution is 0.0706. The summed E-state index contributed by atoms with van der Waals surface area (Å²) in [6.07, 6.45) is 0.230. The molecule has 5 nitrogen and oxygen atoms in total. The van der Waals surface area contributed by atoms with Crippen LogP contribution in [0.15, 0.2) is 23.4 Å². The third-order valence-electron chi connectivity index (χ3n) is 2.97. The van der Waals surface area contributed by atoms with Gasteiger partial charge in [-0.2, -0.15) is 0 Å². The Kier molecular flexibility index (Phi) is 5.49. The molecule has 0 atom stereocenters. The molecule has 1 rings (SSSR count). The number of amides is 1. The van der Waals surface area contributed by atoms with Gasteiger partial charge in [-0.3, -0.25) is 4.79 Å². The molecular weight excluding hydrogens is 261 g/mol. The summed E-state index contributed by atoms with van der Waals surface area (Å²) in [4.78, 5) is 13.9. The van der Waals surface area contributed by atoms with Gasteiger partial charge in [0.05, 0.1) is 5.56 Å². The van der Waals surface area contributed by atoms with Gasteiger partial charge in [-0.1, -0.05) is 16.8 Å². The maximum atomic E-state index is 13.8. The van der Waals surface area contributed by atoms with Crippen LogP contribution in [0.3, 0.4) is 0 Å². The van der Waals surface area contributed by atoms with Crippen molar-refractivity contribution < 1.29 is 14.4 Å². The summed E-state index contributed by atoms with van der Waals surface area (Å²) in [5, 5.41) is 11.4. The molecule has 1 aromatic rings. The highest BCUT2D eigenvalue weighted by Crippen LogP contribution is 2.15. The Balaban J connectivity index is 2.97. The van der Waals surface area contributed by atoms with E-state index in [2.05, 4.69) is 5.16 Å². The van der Waals surface area contributed by atoms with Crippen LogP contribution in [0.1, 0.15) is 36.2 Å². The van der Waals surface area contributed by atoms with Crippen molar-refractivity contribution in [2.45, 2.75) is 33.2 Å². The molecule has 0 aliphatic rings. The molecule has 0 aliphatic carbocycles. The van der Waals surface area contributed by atoms with E-state index in [1.54, 1.807) is 13.0 Å². The van der Waals surface area contributed by atoms with Crippen LogP contribution in [0.5, 0.6) is 0 Å². The molecule has 0 aliphatic heterocycles. The van der Waals surface area contributed by atoms with Gasteiger partial charge in [-0.15, -0.1) is 0 Å². The van der Waals surface area contributed by atoms with Crippen LogP contribution < -0.4 is 5.73 Å². The topological polar surface area (TPSA) is 78.9 Å². The van der Waals surface area contributed by atoms with Gasteiger partial charge in [0.25, 0.3) is 5.91 Å². The number of oxime groups is 1. The van der Waals surface area contributed by atoms with E-state index in [-0.39, 0.29) is 30.4 Å². The molecule has 20 heavy (non-hydrogen) atoms. The Labute approximate surface area is 117 Å². The third kappa shape index (κ3) is 3.94. The van der Waals surface area contributed by atoms with Gasteiger partial charge in [-0.25, -0.2) is 4.39 Å². The van der Waals surface area contributed by atoms with Crippen molar-refractivity contribution in [3.63, 3.8) is 0 Å². The molecule has 0 saturated carbocycles. The molecule has 0 spiro atoms. The Morgan fingerprint density at radius 1 is 1.50 bits per heavy atom. The number of hydrogen-bond donors (Lipinski definition) is 2. The number of amidine groups is 1. The highest BCUT2D eigenvalue weighted by atomic mass is 19.1. The van der Waals surface area contributed by atoms with Gasteiger partial charge in [0, 0.05) is 19.0 Å². The predicted molar refractivity (Wildman–Crippen MR) is 75.3 cm³/mol. The zero-order chi connectivity index (χ0) is 15.3. The summed E-state index contributed by atoms with van der Waals surface area (Å²) < 4.78 is 13.8. The second kappa shape index (κ2) is 6.88. The number of carbonyl (C=O) groups excluding carboxylic acids is 1. The van der Waals surface area contributed by atoms with Gasteiger partial charge in [0.15, 0.2) is 0 Å². The average Bonchev–Trinajstić information content (AvgIpc) is 2.40. The molecule has 6 heteroatoms. The molecule has 0 saturated heterocycles. The Hall–Kier alpha value is -2.11. The van der Waals surface area contributed by atoms with Crippen molar-refractivity contribution in [1.82, 2.24) is 4.90 Å². The Bertz CT molecular complexity index is 515. The van der Waals surface area contributed by atoms with Crippen LogP contribution in [-0.2, 0) is 0 Å². The molecule has 0 fully saturated rings. The molecule has 1 amide bonds. The van der Waals surface area contributed by atoms with Crippen LogP contribution in [0.25, 0.3) is 0 Å². The molecular formula is C14H20FN3O2. The summed E-state index contributed by atoms with van der Waals surface area (Å²) in [6, 6.07) is 4.30. The molecule has 110 valence electrons. The van der Waals surface area contributed by atoms with Crippen LogP contribution in [-0.4, -0.2) is 34.4 Å². The first-order valence-electron chi connectivity index (χ1n) is 6.40. The fourth-order valence-corrected chi connectivity index (χ4v) is 1.84. The van der Waals surface area contributed by atoms with Crippen LogP contribution >= 0.6 is 0 Å². The number of nitrogens with two attached hydrogens (primary N) is 1. The zero-order valence-corrected chi connectivity index (χ0v) is 11.9. The third-order valence-corrected chi connectivity index (χ3v) is 2.97. The molecule has 0 radical (unpaired) electrons. The lowest BCUT2D eigenvalue weighted by Crippen LogP contribution is -2.39. The van der Waals surface area contributed by atoms with E-state index in [0.29, 0.717) is 0 Å². The van der Waals surface area contributed by atoms with Crippen LogP contribution in [0.4, 0.5) is 4.39 Å². The van der Waals surface area contributed by atoms with E-state index in [1.807, 2.05) is 13.8 Å². The van der Waals surface area contributed by atoms with E-state index < -0.39 is 11.7 Å². The Morgan fingerprint density at radius 2 is 2.15 bits per heavy atom. The van der Waals surface area contributed by atoms with Crippen molar-refractivity contribution in [2.75, 3.05) is 6.54 Å². The summed E-state index contributed by atoms with van der Waals surface area (Å²) in [5.74, 6) is -0.907.